The lowest BCUT2D eigenvalue weighted by Crippen LogP contribution is -2.46. The molecule has 1 saturated heterocycles. The van der Waals surface area contributed by atoms with Crippen molar-refractivity contribution < 1.29 is 9.53 Å². The van der Waals surface area contributed by atoms with Gasteiger partial charge in [-0.3, -0.25) is 4.79 Å². The molecule has 1 amide bonds. The van der Waals surface area contributed by atoms with Crippen molar-refractivity contribution in [2.75, 3.05) is 19.1 Å². The topological polar surface area (TPSA) is 38.3 Å². The van der Waals surface area contributed by atoms with Crippen LogP contribution in [-0.2, 0) is 9.53 Å². The molecule has 0 saturated carbocycles. The predicted molar refractivity (Wildman–Crippen MR) is 65.6 cm³/mol. The van der Waals surface area contributed by atoms with Crippen LogP contribution in [0.3, 0.4) is 0 Å². The molecule has 0 aromatic rings. The van der Waals surface area contributed by atoms with Crippen LogP contribution in [0.25, 0.3) is 0 Å². The Kier molecular flexibility index (Phi) is 5.06. The molecule has 16 heavy (non-hydrogen) atoms. The first-order valence-corrected chi connectivity index (χ1v) is 6.42. The van der Waals surface area contributed by atoms with Gasteiger partial charge < -0.3 is 10.1 Å². The van der Waals surface area contributed by atoms with Crippen molar-refractivity contribution in [2.24, 2.45) is 11.3 Å². The number of alkyl halides is 1. The van der Waals surface area contributed by atoms with Crippen molar-refractivity contribution in [3.8, 4) is 0 Å². The molecule has 0 spiro atoms. The fourth-order valence-electron chi connectivity index (χ4n) is 1.86. The summed E-state index contributed by atoms with van der Waals surface area (Å²) in [7, 11) is 0. The number of ether oxygens (including phenoxy) is 1. The number of amides is 1. The number of hydrogen-bond donors (Lipinski definition) is 1. The fourth-order valence-corrected chi connectivity index (χ4v) is 2.08. The van der Waals surface area contributed by atoms with E-state index in [1.165, 1.54) is 0 Å². The molecule has 94 valence electrons. The summed E-state index contributed by atoms with van der Waals surface area (Å²) in [6.07, 6.45) is 1.65. The summed E-state index contributed by atoms with van der Waals surface area (Å²) in [5, 5.41) is 3.10. The first-order valence-electron chi connectivity index (χ1n) is 5.89. The number of carbonyl (C=O) groups is 1. The highest BCUT2D eigenvalue weighted by Gasteiger charge is 2.30. The maximum Gasteiger partial charge on any atom is 0.225 e. The normalized spacial score (nSPS) is 23.1. The summed E-state index contributed by atoms with van der Waals surface area (Å²) in [5.74, 6) is 0.714. The van der Waals surface area contributed by atoms with Gasteiger partial charge in [0.15, 0.2) is 0 Å². The fraction of sp³-hybridized carbons (Fsp3) is 0.917. The van der Waals surface area contributed by atoms with E-state index in [4.69, 9.17) is 16.3 Å². The molecule has 3 nitrogen and oxygen atoms in total. The van der Waals surface area contributed by atoms with Gasteiger partial charge in [0.05, 0.1) is 12.5 Å². The van der Waals surface area contributed by atoms with Crippen LogP contribution < -0.4 is 5.32 Å². The van der Waals surface area contributed by atoms with Crippen LogP contribution in [0.2, 0.25) is 0 Å². The van der Waals surface area contributed by atoms with Gasteiger partial charge in [-0.1, -0.05) is 20.8 Å². The molecule has 0 aliphatic carbocycles. The summed E-state index contributed by atoms with van der Waals surface area (Å²) in [6, 6.07) is 0.137. The molecule has 1 N–H and O–H groups in total. The van der Waals surface area contributed by atoms with Gasteiger partial charge in [-0.25, -0.2) is 0 Å². The number of carbonyl (C=O) groups excluding carboxylic acids is 1. The Bertz CT molecular complexity index is 232. The molecular weight excluding hydrogens is 226 g/mol. The third-order valence-corrected chi connectivity index (χ3v) is 3.28. The third-order valence-electron chi connectivity index (χ3n) is 3.06. The molecule has 0 aromatic heterocycles. The van der Waals surface area contributed by atoms with Gasteiger partial charge in [0.2, 0.25) is 5.91 Å². The lowest BCUT2D eigenvalue weighted by Gasteiger charge is -2.31. The Balaban J connectivity index is 2.50. The summed E-state index contributed by atoms with van der Waals surface area (Å²) in [4.78, 5) is 11.9. The van der Waals surface area contributed by atoms with E-state index in [1.807, 2.05) is 0 Å². The smallest absolute Gasteiger partial charge is 0.225 e. The van der Waals surface area contributed by atoms with Crippen molar-refractivity contribution in [3.63, 3.8) is 0 Å². The molecular formula is C12H22ClNO2. The number of nitrogens with one attached hydrogen (secondary N) is 1. The maximum absolute atomic E-state index is 11.9. The Morgan fingerprint density at radius 2 is 2.25 bits per heavy atom. The molecule has 1 fully saturated rings. The van der Waals surface area contributed by atoms with Gasteiger partial charge in [0.1, 0.15) is 0 Å². The van der Waals surface area contributed by atoms with Gasteiger partial charge in [-0.15, -0.1) is 11.6 Å². The van der Waals surface area contributed by atoms with Gasteiger partial charge in [-0.05, 0) is 18.3 Å². The monoisotopic (exact) mass is 247 g/mol. The van der Waals surface area contributed by atoms with Crippen LogP contribution in [0.1, 0.15) is 33.6 Å². The summed E-state index contributed by atoms with van der Waals surface area (Å²) >= 11 is 5.77. The standard InChI is InChI=1S/C12H22ClNO2/c1-12(2,3)10(4-6-13)14-11(15)9-5-7-16-8-9/h9-10H,4-8H2,1-3H3,(H,14,15). The van der Waals surface area contributed by atoms with E-state index < -0.39 is 0 Å². The van der Waals surface area contributed by atoms with E-state index >= 15 is 0 Å². The van der Waals surface area contributed by atoms with Gasteiger partial charge in [-0.2, -0.15) is 0 Å². The van der Waals surface area contributed by atoms with Crippen LogP contribution in [0.4, 0.5) is 0 Å². The summed E-state index contributed by atoms with van der Waals surface area (Å²) in [6.45, 7) is 7.62. The number of hydrogen-bond acceptors (Lipinski definition) is 2. The van der Waals surface area contributed by atoms with Crippen molar-refractivity contribution in [1.29, 1.82) is 0 Å². The molecule has 2 atom stereocenters. The molecule has 0 radical (unpaired) electrons. The lowest BCUT2D eigenvalue weighted by atomic mass is 9.85. The first-order chi connectivity index (χ1) is 7.45. The third kappa shape index (κ3) is 3.95. The van der Waals surface area contributed by atoms with Gasteiger partial charge in [0, 0.05) is 18.5 Å². The maximum atomic E-state index is 11.9. The van der Waals surface area contributed by atoms with E-state index in [2.05, 4.69) is 26.1 Å². The second kappa shape index (κ2) is 5.87. The minimum atomic E-state index is 0.0279. The van der Waals surface area contributed by atoms with E-state index in [1.54, 1.807) is 0 Å². The van der Waals surface area contributed by atoms with Crippen molar-refractivity contribution in [3.05, 3.63) is 0 Å². The van der Waals surface area contributed by atoms with Crippen LogP contribution in [-0.4, -0.2) is 31.0 Å². The van der Waals surface area contributed by atoms with Crippen molar-refractivity contribution in [2.45, 2.75) is 39.7 Å². The second-order valence-electron chi connectivity index (χ2n) is 5.47. The molecule has 1 aliphatic heterocycles. The zero-order chi connectivity index (χ0) is 12.2. The Morgan fingerprint density at radius 1 is 1.56 bits per heavy atom. The zero-order valence-electron chi connectivity index (χ0n) is 10.4. The summed E-state index contributed by atoms with van der Waals surface area (Å²) in [5.41, 5.74) is 0.0456. The average Bonchev–Trinajstić information content (AvgIpc) is 2.68. The van der Waals surface area contributed by atoms with Crippen molar-refractivity contribution in [1.82, 2.24) is 5.32 Å². The van der Waals surface area contributed by atoms with E-state index in [-0.39, 0.29) is 23.3 Å². The van der Waals surface area contributed by atoms with E-state index in [9.17, 15) is 4.79 Å². The van der Waals surface area contributed by atoms with E-state index in [0.29, 0.717) is 19.1 Å². The molecule has 1 heterocycles. The largest absolute Gasteiger partial charge is 0.381 e. The first kappa shape index (κ1) is 13.8. The van der Waals surface area contributed by atoms with Crippen LogP contribution in [0.5, 0.6) is 0 Å². The Morgan fingerprint density at radius 3 is 2.69 bits per heavy atom. The highest BCUT2D eigenvalue weighted by atomic mass is 35.5. The zero-order valence-corrected chi connectivity index (χ0v) is 11.1. The second-order valence-corrected chi connectivity index (χ2v) is 5.84. The highest BCUT2D eigenvalue weighted by Crippen LogP contribution is 2.23. The quantitative estimate of drug-likeness (QED) is 0.774. The van der Waals surface area contributed by atoms with E-state index in [0.717, 1.165) is 12.8 Å². The number of rotatable bonds is 4. The van der Waals surface area contributed by atoms with Crippen LogP contribution >= 0.6 is 11.6 Å². The molecule has 1 aliphatic rings. The minimum absolute atomic E-state index is 0.0279. The van der Waals surface area contributed by atoms with Crippen molar-refractivity contribution >= 4 is 17.5 Å². The van der Waals surface area contributed by atoms with Crippen LogP contribution in [0, 0.1) is 11.3 Å². The highest BCUT2D eigenvalue weighted by molar-refractivity contribution is 6.17. The van der Waals surface area contributed by atoms with Gasteiger partial charge >= 0.3 is 0 Å². The molecule has 4 heteroatoms. The summed E-state index contributed by atoms with van der Waals surface area (Å²) < 4.78 is 5.22. The molecule has 0 bridgehead atoms. The molecule has 1 rings (SSSR count). The Labute approximate surface area is 103 Å². The Hall–Kier alpha value is -0.280. The lowest BCUT2D eigenvalue weighted by molar-refractivity contribution is -0.126. The molecule has 2 unspecified atom stereocenters. The van der Waals surface area contributed by atoms with Gasteiger partial charge in [0.25, 0.3) is 0 Å². The molecule has 0 aromatic carbocycles. The predicted octanol–water partition coefficient (Wildman–Crippen LogP) is 2.18. The van der Waals surface area contributed by atoms with Crippen LogP contribution in [0.15, 0.2) is 0 Å². The number of halogens is 1. The average molecular weight is 248 g/mol. The SMILES string of the molecule is CC(C)(C)C(CCCl)NC(=O)C1CCOC1. The minimum Gasteiger partial charge on any atom is -0.381 e.